The molecule has 1 aliphatic carbocycles. The van der Waals surface area contributed by atoms with Gasteiger partial charge in [-0.3, -0.25) is 0 Å². The van der Waals surface area contributed by atoms with Crippen LogP contribution in [0.4, 0.5) is 11.4 Å². The van der Waals surface area contributed by atoms with Crippen LogP contribution in [0.25, 0.3) is 5.57 Å². The van der Waals surface area contributed by atoms with E-state index in [-0.39, 0.29) is 6.04 Å². The summed E-state index contributed by atoms with van der Waals surface area (Å²) in [6.07, 6.45) is 13.0. The van der Waals surface area contributed by atoms with Gasteiger partial charge in [0.1, 0.15) is 0 Å². The van der Waals surface area contributed by atoms with E-state index in [2.05, 4.69) is 166 Å². The van der Waals surface area contributed by atoms with Crippen LogP contribution in [-0.4, -0.2) is 6.04 Å². The Morgan fingerprint density at radius 3 is 1.88 bits per heavy atom. The van der Waals surface area contributed by atoms with E-state index in [4.69, 9.17) is 0 Å². The van der Waals surface area contributed by atoms with E-state index in [0.29, 0.717) is 0 Å². The quantitative estimate of drug-likeness (QED) is 0.193. The molecule has 204 valence electrons. The van der Waals surface area contributed by atoms with Gasteiger partial charge in [-0.2, -0.15) is 0 Å². The largest absolute Gasteiger partial charge is 0.334 e. The van der Waals surface area contributed by atoms with Crippen molar-refractivity contribution in [1.82, 2.24) is 0 Å². The van der Waals surface area contributed by atoms with Gasteiger partial charge in [0.25, 0.3) is 0 Å². The SMILES string of the molecule is C=C/C=C(/C1=CC=C(Cc2ccccc2)CC(c2c(C)cccc2C)=C1)C(C)N(c1ccccc1)c1ccccc1. The molecule has 0 radical (unpaired) electrons. The lowest BCUT2D eigenvalue weighted by atomic mass is 9.88. The summed E-state index contributed by atoms with van der Waals surface area (Å²) in [5.41, 5.74) is 12.9. The van der Waals surface area contributed by atoms with Gasteiger partial charge in [-0.1, -0.05) is 127 Å². The fourth-order valence-corrected chi connectivity index (χ4v) is 5.95. The molecule has 0 spiro atoms. The highest BCUT2D eigenvalue weighted by molar-refractivity contribution is 5.78. The summed E-state index contributed by atoms with van der Waals surface area (Å²) in [7, 11) is 0. The average Bonchev–Trinajstić information content (AvgIpc) is 3.20. The molecular weight excluding hydrogens is 494 g/mol. The molecule has 0 heterocycles. The van der Waals surface area contributed by atoms with Crippen LogP contribution in [0.15, 0.2) is 163 Å². The molecular formula is C40H39N. The number of anilines is 2. The summed E-state index contributed by atoms with van der Waals surface area (Å²) in [5, 5.41) is 0. The van der Waals surface area contributed by atoms with Crippen molar-refractivity contribution in [2.45, 2.75) is 39.7 Å². The predicted molar refractivity (Wildman–Crippen MR) is 178 cm³/mol. The molecule has 0 bridgehead atoms. The Hall–Kier alpha value is -4.62. The van der Waals surface area contributed by atoms with Gasteiger partial charge in [-0.05, 0) is 96.9 Å². The maximum atomic E-state index is 4.12. The third-order valence-corrected chi connectivity index (χ3v) is 7.86. The van der Waals surface area contributed by atoms with Crippen molar-refractivity contribution < 1.29 is 0 Å². The van der Waals surface area contributed by atoms with Gasteiger partial charge < -0.3 is 4.90 Å². The molecule has 5 rings (SSSR count). The Labute approximate surface area is 246 Å². The topological polar surface area (TPSA) is 3.24 Å². The molecule has 4 aromatic carbocycles. The molecule has 4 aromatic rings. The van der Waals surface area contributed by atoms with Gasteiger partial charge in [0.05, 0.1) is 6.04 Å². The minimum Gasteiger partial charge on any atom is -0.334 e. The van der Waals surface area contributed by atoms with E-state index in [1.807, 2.05) is 6.08 Å². The Morgan fingerprint density at radius 2 is 1.32 bits per heavy atom. The maximum absolute atomic E-state index is 4.12. The average molecular weight is 534 g/mol. The number of hydrogen-bond acceptors (Lipinski definition) is 1. The van der Waals surface area contributed by atoms with Gasteiger partial charge >= 0.3 is 0 Å². The van der Waals surface area contributed by atoms with E-state index >= 15 is 0 Å². The van der Waals surface area contributed by atoms with E-state index in [0.717, 1.165) is 24.2 Å². The number of aryl methyl sites for hydroxylation is 2. The van der Waals surface area contributed by atoms with Gasteiger partial charge in [0, 0.05) is 11.4 Å². The molecule has 0 amide bonds. The standard InChI is InChI=1S/C40H39N/c1-5-16-39(32(4)41(37-21-11-7-12-22-37)38-23-13-8-14-24-38)35-26-25-34(27-33-19-9-6-10-20-33)28-36(29-35)40-30(2)17-15-18-31(40)3/h5-26,29,32H,1,27-28H2,2-4H3/b39-16+. The number of para-hydroxylation sites is 2. The molecule has 41 heavy (non-hydrogen) atoms. The summed E-state index contributed by atoms with van der Waals surface area (Å²) in [5.74, 6) is 0. The minimum atomic E-state index is 0.0589. The summed E-state index contributed by atoms with van der Waals surface area (Å²) in [4.78, 5) is 2.42. The molecule has 0 saturated heterocycles. The lowest BCUT2D eigenvalue weighted by Crippen LogP contribution is -2.30. The second-order valence-electron chi connectivity index (χ2n) is 10.8. The van der Waals surface area contributed by atoms with Crippen molar-refractivity contribution >= 4 is 16.9 Å². The predicted octanol–water partition coefficient (Wildman–Crippen LogP) is 10.5. The zero-order chi connectivity index (χ0) is 28.6. The number of nitrogens with zero attached hydrogens (tertiary/aromatic N) is 1. The Kier molecular flexibility index (Phi) is 8.96. The Bertz CT molecular complexity index is 1540. The summed E-state index contributed by atoms with van der Waals surface area (Å²) in [6, 6.07) is 38.8. The third-order valence-electron chi connectivity index (χ3n) is 7.86. The fourth-order valence-electron chi connectivity index (χ4n) is 5.95. The summed E-state index contributed by atoms with van der Waals surface area (Å²) < 4.78 is 0. The minimum absolute atomic E-state index is 0.0589. The smallest absolute Gasteiger partial charge is 0.0569 e. The highest BCUT2D eigenvalue weighted by Gasteiger charge is 2.23. The molecule has 0 saturated carbocycles. The molecule has 0 aliphatic heterocycles. The second-order valence-corrected chi connectivity index (χ2v) is 10.8. The van der Waals surface area contributed by atoms with Crippen molar-refractivity contribution in [1.29, 1.82) is 0 Å². The fraction of sp³-hybridized carbons (Fsp3) is 0.150. The highest BCUT2D eigenvalue weighted by Crippen LogP contribution is 2.37. The Balaban J connectivity index is 1.64. The zero-order valence-corrected chi connectivity index (χ0v) is 24.4. The van der Waals surface area contributed by atoms with E-state index in [1.165, 1.54) is 44.5 Å². The van der Waals surface area contributed by atoms with Crippen LogP contribution in [-0.2, 0) is 6.42 Å². The molecule has 1 unspecified atom stereocenters. The highest BCUT2D eigenvalue weighted by atomic mass is 15.2. The van der Waals surface area contributed by atoms with Crippen molar-refractivity contribution in [2.75, 3.05) is 4.90 Å². The first-order valence-corrected chi connectivity index (χ1v) is 14.5. The molecule has 0 aromatic heterocycles. The third kappa shape index (κ3) is 6.58. The first kappa shape index (κ1) is 27.9. The van der Waals surface area contributed by atoms with E-state index in [9.17, 15) is 0 Å². The van der Waals surface area contributed by atoms with Crippen LogP contribution >= 0.6 is 0 Å². The van der Waals surface area contributed by atoms with Gasteiger partial charge in [-0.25, -0.2) is 0 Å². The normalized spacial score (nSPS) is 14.3. The van der Waals surface area contributed by atoms with Crippen LogP contribution in [0.1, 0.15) is 35.6 Å². The van der Waals surface area contributed by atoms with E-state index < -0.39 is 0 Å². The lowest BCUT2D eigenvalue weighted by molar-refractivity contribution is 0.825. The van der Waals surface area contributed by atoms with Crippen molar-refractivity contribution in [3.05, 3.63) is 185 Å². The first-order valence-electron chi connectivity index (χ1n) is 14.5. The number of hydrogen-bond donors (Lipinski definition) is 0. The van der Waals surface area contributed by atoms with Crippen molar-refractivity contribution in [3.8, 4) is 0 Å². The molecule has 1 heteroatoms. The van der Waals surface area contributed by atoms with Crippen LogP contribution in [0.5, 0.6) is 0 Å². The second kappa shape index (κ2) is 13.2. The molecule has 1 aliphatic rings. The van der Waals surface area contributed by atoms with Crippen LogP contribution in [0.2, 0.25) is 0 Å². The van der Waals surface area contributed by atoms with Crippen LogP contribution in [0, 0.1) is 13.8 Å². The van der Waals surface area contributed by atoms with Crippen LogP contribution in [0.3, 0.4) is 0 Å². The number of rotatable bonds is 9. The molecule has 1 atom stereocenters. The van der Waals surface area contributed by atoms with Gasteiger partial charge in [-0.15, -0.1) is 0 Å². The monoisotopic (exact) mass is 533 g/mol. The van der Waals surface area contributed by atoms with Crippen molar-refractivity contribution in [2.24, 2.45) is 0 Å². The van der Waals surface area contributed by atoms with Crippen molar-refractivity contribution in [3.63, 3.8) is 0 Å². The summed E-state index contributed by atoms with van der Waals surface area (Å²) in [6.45, 7) is 10.9. The van der Waals surface area contributed by atoms with Crippen LogP contribution < -0.4 is 4.90 Å². The molecule has 0 fully saturated rings. The summed E-state index contributed by atoms with van der Waals surface area (Å²) >= 11 is 0. The molecule has 0 N–H and O–H groups in total. The lowest BCUT2D eigenvalue weighted by Gasteiger charge is -2.34. The number of benzene rings is 4. The zero-order valence-electron chi connectivity index (χ0n) is 24.4. The maximum Gasteiger partial charge on any atom is 0.0569 e. The van der Waals surface area contributed by atoms with Gasteiger partial charge in [0.2, 0.25) is 0 Å². The Morgan fingerprint density at radius 1 is 0.756 bits per heavy atom. The van der Waals surface area contributed by atoms with E-state index in [1.54, 1.807) is 0 Å². The number of allylic oxidation sites excluding steroid dienone is 7. The first-order chi connectivity index (χ1) is 20.0. The van der Waals surface area contributed by atoms with Gasteiger partial charge in [0.15, 0.2) is 0 Å². The molecule has 1 nitrogen and oxygen atoms in total.